The first-order valence-electron chi connectivity index (χ1n) is 4.71. The first-order chi connectivity index (χ1) is 6.38. The van der Waals surface area contributed by atoms with Crippen LogP contribution in [0.2, 0.25) is 0 Å². The number of nitrogens with two attached hydrogens (primary N) is 2. The van der Waals surface area contributed by atoms with Crippen LogP contribution in [0.1, 0.15) is 24.8 Å². The number of hydrogen-bond acceptors (Lipinski definition) is 2. The molecule has 0 fully saturated rings. The first kappa shape index (κ1) is 12.1. The second-order valence-corrected chi connectivity index (χ2v) is 2.75. The highest BCUT2D eigenvalue weighted by molar-refractivity contribution is 5.19. The van der Waals surface area contributed by atoms with Gasteiger partial charge in [0.2, 0.25) is 0 Å². The Morgan fingerprint density at radius 3 is 2.08 bits per heavy atom. The third-order valence-corrected chi connectivity index (χ3v) is 2.05. The van der Waals surface area contributed by atoms with Gasteiger partial charge in [-0.1, -0.05) is 37.3 Å². The number of benzene rings is 1. The van der Waals surface area contributed by atoms with Crippen LogP contribution in [0.25, 0.3) is 0 Å². The van der Waals surface area contributed by atoms with Gasteiger partial charge in [-0.2, -0.15) is 0 Å². The Morgan fingerprint density at radius 1 is 1.15 bits per heavy atom. The van der Waals surface area contributed by atoms with Crippen molar-refractivity contribution in [3.05, 3.63) is 35.9 Å². The predicted molar refractivity (Wildman–Crippen MR) is 58.6 cm³/mol. The summed E-state index contributed by atoms with van der Waals surface area (Å²) in [6.07, 6.45) is 1.13. The van der Waals surface area contributed by atoms with Crippen molar-refractivity contribution < 1.29 is 0 Å². The summed E-state index contributed by atoms with van der Waals surface area (Å²) in [5.74, 6) is 0.538. The lowest BCUT2D eigenvalue weighted by atomic mass is 9.97. The molecular formula is C11H20N2. The average molecular weight is 180 g/mol. The van der Waals surface area contributed by atoms with Gasteiger partial charge < -0.3 is 11.5 Å². The molecule has 0 aliphatic heterocycles. The third-order valence-electron chi connectivity index (χ3n) is 2.05. The minimum absolute atomic E-state index is 0.538. The molecule has 1 rings (SSSR count). The third kappa shape index (κ3) is 4.06. The summed E-state index contributed by atoms with van der Waals surface area (Å²) in [5.41, 5.74) is 11.5. The van der Waals surface area contributed by atoms with Gasteiger partial charge in [-0.25, -0.2) is 0 Å². The zero-order chi connectivity index (χ0) is 10.1. The molecule has 0 heterocycles. The number of rotatable bonds is 3. The Hall–Kier alpha value is -0.860. The van der Waals surface area contributed by atoms with Crippen LogP contribution >= 0.6 is 0 Å². The molecule has 2 heteroatoms. The minimum atomic E-state index is 0.538. The van der Waals surface area contributed by atoms with Crippen molar-refractivity contribution in [2.45, 2.75) is 19.3 Å². The lowest BCUT2D eigenvalue weighted by Crippen LogP contribution is -2.11. The Morgan fingerprint density at radius 2 is 1.69 bits per heavy atom. The van der Waals surface area contributed by atoms with Crippen molar-refractivity contribution in [2.24, 2.45) is 11.5 Å². The quantitative estimate of drug-likeness (QED) is 0.744. The SMILES string of the molecule is CCC(CN)c1ccccc1.CN. The molecule has 0 aliphatic carbocycles. The average Bonchev–Trinajstić information content (AvgIpc) is 2.24. The summed E-state index contributed by atoms with van der Waals surface area (Å²) in [6.45, 7) is 2.92. The maximum atomic E-state index is 5.62. The van der Waals surface area contributed by atoms with E-state index in [1.54, 1.807) is 0 Å². The van der Waals surface area contributed by atoms with E-state index in [4.69, 9.17) is 5.73 Å². The predicted octanol–water partition coefficient (Wildman–Crippen LogP) is 1.71. The van der Waals surface area contributed by atoms with Crippen molar-refractivity contribution in [1.82, 2.24) is 0 Å². The van der Waals surface area contributed by atoms with Gasteiger partial charge in [0.15, 0.2) is 0 Å². The van der Waals surface area contributed by atoms with E-state index in [-0.39, 0.29) is 0 Å². The molecule has 0 aliphatic rings. The molecule has 13 heavy (non-hydrogen) atoms. The topological polar surface area (TPSA) is 52.0 Å². The zero-order valence-electron chi connectivity index (χ0n) is 8.53. The van der Waals surface area contributed by atoms with Crippen LogP contribution in [-0.2, 0) is 0 Å². The molecule has 0 radical (unpaired) electrons. The molecule has 0 aromatic heterocycles. The fraction of sp³-hybridized carbons (Fsp3) is 0.455. The van der Waals surface area contributed by atoms with Crippen LogP contribution in [0.15, 0.2) is 30.3 Å². The summed E-state index contributed by atoms with van der Waals surface area (Å²) >= 11 is 0. The van der Waals surface area contributed by atoms with E-state index in [1.807, 2.05) is 6.07 Å². The van der Waals surface area contributed by atoms with Crippen molar-refractivity contribution in [3.8, 4) is 0 Å². The molecule has 0 spiro atoms. The Kier molecular flexibility index (Phi) is 7.26. The van der Waals surface area contributed by atoms with E-state index < -0.39 is 0 Å². The van der Waals surface area contributed by atoms with E-state index >= 15 is 0 Å². The van der Waals surface area contributed by atoms with Gasteiger partial charge in [0.25, 0.3) is 0 Å². The van der Waals surface area contributed by atoms with Crippen molar-refractivity contribution >= 4 is 0 Å². The standard InChI is InChI=1S/C10H15N.CH5N/c1-2-9(8-11)10-6-4-3-5-7-10;1-2/h3-7,9H,2,8,11H2,1H3;2H2,1H3. The smallest absolute Gasteiger partial charge is 0.000834 e. The molecular weight excluding hydrogens is 160 g/mol. The molecule has 1 atom stereocenters. The van der Waals surface area contributed by atoms with Crippen LogP contribution in [0, 0.1) is 0 Å². The summed E-state index contributed by atoms with van der Waals surface area (Å²) in [4.78, 5) is 0. The first-order valence-corrected chi connectivity index (χ1v) is 4.71. The van der Waals surface area contributed by atoms with Crippen molar-refractivity contribution in [3.63, 3.8) is 0 Å². The van der Waals surface area contributed by atoms with E-state index in [9.17, 15) is 0 Å². The highest BCUT2D eigenvalue weighted by Crippen LogP contribution is 2.16. The van der Waals surface area contributed by atoms with Crippen molar-refractivity contribution in [1.29, 1.82) is 0 Å². The molecule has 1 aromatic carbocycles. The fourth-order valence-corrected chi connectivity index (χ4v) is 1.26. The molecule has 0 saturated carbocycles. The Labute approximate surface area is 80.9 Å². The summed E-state index contributed by atoms with van der Waals surface area (Å²) in [7, 11) is 1.50. The highest BCUT2D eigenvalue weighted by atomic mass is 14.5. The maximum absolute atomic E-state index is 5.62. The number of hydrogen-bond donors (Lipinski definition) is 2. The van der Waals surface area contributed by atoms with Gasteiger partial charge in [0.1, 0.15) is 0 Å². The highest BCUT2D eigenvalue weighted by Gasteiger charge is 2.04. The lowest BCUT2D eigenvalue weighted by Gasteiger charge is -2.11. The lowest BCUT2D eigenvalue weighted by molar-refractivity contribution is 0.674. The van der Waals surface area contributed by atoms with Gasteiger partial charge in [-0.05, 0) is 31.5 Å². The van der Waals surface area contributed by atoms with E-state index in [0.717, 1.165) is 13.0 Å². The molecule has 0 saturated heterocycles. The second kappa shape index (κ2) is 7.77. The van der Waals surface area contributed by atoms with E-state index in [1.165, 1.54) is 12.6 Å². The maximum Gasteiger partial charge on any atom is -0.000834 e. The fourth-order valence-electron chi connectivity index (χ4n) is 1.26. The normalized spacial score (nSPS) is 11.4. The van der Waals surface area contributed by atoms with Crippen LogP contribution in [-0.4, -0.2) is 13.6 Å². The van der Waals surface area contributed by atoms with Gasteiger partial charge in [-0.15, -0.1) is 0 Å². The molecule has 1 unspecified atom stereocenters. The molecule has 2 nitrogen and oxygen atoms in total. The second-order valence-electron chi connectivity index (χ2n) is 2.75. The Balaban J connectivity index is 0.000000671. The van der Waals surface area contributed by atoms with Crippen molar-refractivity contribution in [2.75, 3.05) is 13.6 Å². The van der Waals surface area contributed by atoms with Gasteiger partial charge in [-0.3, -0.25) is 0 Å². The van der Waals surface area contributed by atoms with Crippen LogP contribution in [0.3, 0.4) is 0 Å². The zero-order valence-corrected chi connectivity index (χ0v) is 8.53. The summed E-state index contributed by atoms with van der Waals surface area (Å²) < 4.78 is 0. The van der Waals surface area contributed by atoms with E-state index in [0.29, 0.717) is 5.92 Å². The van der Waals surface area contributed by atoms with Crippen LogP contribution in [0.5, 0.6) is 0 Å². The van der Waals surface area contributed by atoms with E-state index in [2.05, 4.69) is 36.9 Å². The molecule has 74 valence electrons. The van der Waals surface area contributed by atoms with Gasteiger partial charge in [0.05, 0.1) is 0 Å². The summed E-state index contributed by atoms with van der Waals surface area (Å²) in [6, 6.07) is 10.4. The minimum Gasteiger partial charge on any atom is -0.333 e. The summed E-state index contributed by atoms with van der Waals surface area (Å²) in [5, 5.41) is 0. The largest absolute Gasteiger partial charge is 0.333 e. The Bertz CT molecular complexity index is 193. The monoisotopic (exact) mass is 180 g/mol. The molecule has 0 amide bonds. The molecule has 0 bridgehead atoms. The van der Waals surface area contributed by atoms with Crippen LogP contribution in [0.4, 0.5) is 0 Å². The van der Waals surface area contributed by atoms with Gasteiger partial charge in [0, 0.05) is 0 Å². The van der Waals surface area contributed by atoms with Gasteiger partial charge >= 0.3 is 0 Å². The molecule has 1 aromatic rings. The van der Waals surface area contributed by atoms with Crippen LogP contribution < -0.4 is 11.5 Å². The molecule has 4 N–H and O–H groups in total.